The molecule has 3 aromatic carbocycles. The van der Waals surface area contributed by atoms with E-state index in [0.29, 0.717) is 41.7 Å². The molecule has 6 nitrogen and oxygen atoms in total. The molecule has 0 aliphatic carbocycles. The Kier molecular flexibility index (Phi) is 8.04. The van der Waals surface area contributed by atoms with E-state index < -0.39 is 17.7 Å². The van der Waals surface area contributed by atoms with Gasteiger partial charge in [0.1, 0.15) is 12.4 Å². The highest BCUT2D eigenvalue weighted by Crippen LogP contribution is 2.31. The van der Waals surface area contributed by atoms with Gasteiger partial charge in [0.15, 0.2) is 0 Å². The normalized spacial score (nSPS) is 14.6. The van der Waals surface area contributed by atoms with Crippen molar-refractivity contribution in [3.63, 3.8) is 0 Å². The van der Waals surface area contributed by atoms with Crippen LogP contribution in [0.4, 0.5) is 18.9 Å². The molecule has 1 heterocycles. The number of hydrogen-bond acceptors (Lipinski definition) is 4. The molecule has 0 spiro atoms. The van der Waals surface area contributed by atoms with Crippen LogP contribution >= 0.6 is 11.6 Å². The van der Waals surface area contributed by atoms with E-state index >= 15 is 0 Å². The van der Waals surface area contributed by atoms with Crippen molar-refractivity contribution in [3.05, 3.63) is 94.0 Å². The smallest absolute Gasteiger partial charge is 0.416 e. The molecule has 0 aromatic heterocycles. The van der Waals surface area contributed by atoms with Crippen molar-refractivity contribution in [2.75, 3.05) is 24.5 Å². The maximum atomic E-state index is 12.9. The van der Waals surface area contributed by atoms with Gasteiger partial charge in [-0.25, -0.2) is 0 Å². The van der Waals surface area contributed by atoms with Gasteiger partial charge in [-0.05, 0) is 53.6 Å². The summed E-state index contributed by atoms with van der Waals surface area (Å²) in [5.74, 6) is -0.626. The number of carboxylic acid groups (broad SMARTS) is 1. The number of amides is 1. The number of ether oxygens (including phenoxy) is 1. The summed E-state index contributed by atoms with van der Waals surface area (Å²) in [6, 6.07) is 16.9. The van der Waals surface area contributed by atoms with Gasteiger partial charge in [-0.2, -0.15) is 13.2 Å². The van der Waals surface area contributed by atoms with Gasteiger partial charge in [-0.15, -0.1) is 0 Å². The largest absolute Gasteiger partial charge is 0.489 e. The summed E-state index contributed by atoms with van der Waals surface area (Å²) in [4.78, 5) is 27.4. The summed E-state index contributed by atoms with van der Waals surface area (Å²) >= 11 is 5.94. The van der Waals surface area contributed by atoms with Crippen molar-refractivity contribution in [2.24, 2.45) is 0 Å². The summed E-state index contributed by atoms with van der Waals surface area (Å²) in [6.45, 7) is 1.46. The number of carbonyl (C=O) groups is 2. The second-order valence-corrected chi connectivity index (χ2v) is 9.16. The Morgan fingerprint density at radius 2 is 1.65 bits per heavy atom. The lowest BCUT2D eigenvalue weighted by molar-refractivity contribution is -0.138. The van der Waals surface area contributed by atoms with Crippen LogP contribution in [0.5, 0.6) is 5.75 Å². The highest BCUT2D eigenvalue weighted by atomic mass is 35.5. The predicted octanol–water partition coefficient (Wildman–Crippen LogP) is 5.41. The standard InChI is InChI=1S/C27H24ClF3N2O4/c28-22-6-1-18(2-7-22)17-37-24-10-3-19(14-26(35)36)13-20(24)15-32-11-12-33(25(34)16-32)23-8-4-21(5-9-23)27(29,30)31/h1-10,13H,11-12,14-17H2,(H,35,36). The van der Waals surface area contributed by atoms with E-state index in [4.69, 9.17) is 16.3 Å². The maximum absolute atomic E-state index is 12.9. The average Bonchev–Trinajstić information content (AvgIpc) is 2.84. The first kappa shape index (κ1) is 26.5. The number of halogens is 4. The van der Waals surface area contributed by atoms with Crippen LogP contribution in [0.3, 0.4) is 0 Å². The number of nitrogens with zero attached hydrogens (tertiary/aromatic N) is 2. The Balaban J connectivity index is 1.46. The van der Waals surface area contributed by atoms with E-state index in [9.17, 15) is 27.9 Å². The van der Waals surface area contributed by atoms with Crippen LogP contribution in [-0.4, -0.2) is 41.5 Å². The summed E-state index contributed by atoms with van der Waals surface area (Å²) in [5, 5.41) is 9.81. The monoisotopic (exact) mass is 532 g/mol. The number of hydrogen-bond donors (Lipinski definition) is 1. The van der Waals surface area contributed by atoms with Crippen LogP contribution in [0.15, 0.2) is 66.7 Å². The van der Waals surface area contributed by atoms with Crippen molar-refractivity contribution in [3.8, 4) is 5.75 Å². The molecule has 3 aromatic rings. The molecule has 1 fully saturated rings. The summed E-state index contributed by atoms with van der Waals surface area (Å²) < 4.78 is 44.6. The topological polar surface area (TPSA) is 70.1 Å². The van der Waals surface area contributed by atoms with Gasteiger partial charge in [0.25, 0.3) is 0 Å². The first-order chi connectivity index (χ1) is 17.6. The quantitative estimate of drug-likeness (QED) is 0.420. The van der Waals surface area contributed by atoms with Crippen LogP contribution in [0.2, 0.25) is 5.02 Å². The SMILES string of the molecule is O=C(O)Cc1ccc(OCc2ccc(Cl)cc2)c(CN2CCN(c3ccc(C(F)(F)F)cc3)C(=O)C2)c1. The van der Waals surface area contributed by atoms with E-state index in [0.717, 1.165) is 23.3 Å². The van der Waals surface area contributed by atoms with Gasteiger partial charge in [-0.1, -0.05) is 35.9 Å². The zero-order valence-corrected chi connectivity index (χ0v) is 20.4. The summed E-state index contributed by atoms with van der Waals surface area (Å²) in [5.41, 5.74) is 1.90. The van der Waals surface area contributed by atoms with Crippen molar-refractivity contribution >= 4 is 29.2 Å². The number of aliphatic carboxylic acids is 1. The molecule has 1 aliphatic rings. The highest BCUT2D eigenvalue weighted by molar-refractivity contribution is 6.30. The molecule has 194 valence electrons. The molecule has 0 bridgehead atoms. The molecule has 1 N–H and O–H groups in total. The van der Waals surface area contributed by atoms with E-state index in [1.807, 2.05) is 17.0 Å². The van der Waals surface area contributed by atoms with Crippen molar-refractivity contribution in [2.45, 2.75) is 25.7 Å². The number of alkyl halides is 3. The van der Waals surface area contributed by atoms with Gasteiger partial charge >= 0.3 is 12.1 Å². The van der Waals surface area contributed by atoms with Crippen LogP contribution < -0.4 is 9.64 Å². The van der Waals surface area contributed by atoms with Gasteiger partial charge in [0, 0.05) is 35.9 Å². The molecule has 1 aliphatic heterocycles. The second-order valence-electron chi connectivity index (χ2n) is 8.73. The zero-order valence-electron chi connectivity index (χ0n) is 19.7. The van der Waals surface area contributed by atoms with E-state index in [-0.39, 0.29) is 25.5 Å². The van der Waals surface area contributed by atoms with Crippen LogP contribution in [0.1, 0.15) is 22.3 Å². The number of benzene rings is 3. The first-order valence-corrected chi connectivity index (χ1v) is 11.9. The summed E-state index contributed by atoms with van der Waals surface area (Å²) in [6.07, 6.45) is -4.59. The molecule has 37 heavy (non-hydrogen) atoms. The zero-order chi connectivity index (χ0) is 26.6. The molecular weight excluding hydrogens is 509 g/mol. The minimum atomic E-state index is -4.44. The van der Waals surface area contributed by atoms with Gasteiger partial charge in [0.05, 0.1) is 18.5 Å². The molecule has 0 unspecified atom stereocenters. The van der Waals surface area contributed by atoms with E-state index in [2.05, 4.69) is 0 Å². The fourth-order valence-corrected chi connectivity index (χ4v) is 4.25. The Hall–Kier alpha value is -3.56. The Bertz CT molecular complexity index is 1260. The third-order valence-electron chi connectivity index (χ3n) is 5.99. The molecular formula is C27H24ClF3N2O4. The molecule has 0 saturated carbocycles. The lowest BCUT2D eigenvalue weighted by atomic mass is 10.1. The van der Waals surface area contributed by atoms with E-state index in [1.54, 1.807) is 30.3 Å². The number of carboxylic acids is 1. The molecule has 4 rings (SSSR count). The lowest BCUT2D eigenvalue weighted by Crippen LogP contribution is -2.50. The van der Waals surface area contributed by atoms with Crippen molar-refractivity contribution < 1.29 is 32.6 Å². The number of piperazine rings is 1. The van der Waals surface area contributed by atoms with Gasteiger partial charge in [-0.3, -0.25) is 14.5 Å². The number of rotatable bonds is 8. The van der Waals surface area contributed by atoms with Crippen LogP contribution in [-0.2, 0) is 35.3 Å². The summed E-state index contributed by atoms with van der Waals surface area (Å²) in [7, 11) is 0. The Morgan fingerprint density at radius 3 is 2.27 bits per heavy atom. The molecule has 0 atom stereocenters. The highest BCUT2D eigenvalue weighted by Gasteiger charge is 2.31. The maximum Gasteiger partial charge on any atom is 0.416 e. The minimum absolute atomic E-state index is 0.0564. The van der Waals surface area contributed by atoms with Crippen molar-refractivity contribution in [1.82, 2.24) is 4.90 Å². The second kappa shape index (κ2) is 11.2. The lowest BCUT2D eigenvalue weighted by Gasteiger charge is -2.34. The molecule has 0 radical (unpaired) electrons. The third-order valence-corrected chi connectivity index (χ3v) is 6.24. The number of anilines is 1. The van der Waals surface area contributed by atoms with Crippen LogP contribution in [0, 0.1) is 0 Å². The van der Waals surface area contributed by atoms with Crippen LogP contribution in [0.25, 0.3) is 0 Å². The van der Waals surface area contributed by atoms with E-state index in [1.165, 1.54) is 17.0 Å². The fourth-order valence-electron chi connectivity index (χ4n) is 4.12. The Morgan fingerprint density at radius 1 is 0.973 bits per heavy atom. The third kappa shape index (κ3) is 7.02. The minimum Gasteiger partial charge on any atom is -0.489 e. The molecule has 1 amide bonds. The average molecular weight is 533 g/mol. The molecule has 1 saturated heterocycles. The predicted molar refractivity (Wildman–Crippen MR) is 133 cm³/mol. The fraction of sp³-hybridized carbons (Fsp3) is 0.259. The van der Waals surface area contributed by atoms with Gasteiger partial charge < -0.3 is 14.7 Å². The first-order valence-electron chi connectivity index (χ1n) is 11.5. The Labute approximate surface area is 216 Å². The number of carbonyl (C=O) groups excluding carboxylic acids is 1. The van der Waals surface area contributed by atoms with Gasteiger partial charge in [0.2, 0.25) is 5.91 Å². The molecule has 10 heteroatoms. The van der Waals surface area contributed by atoms with Crippen molar-refractivity contribution in [1.29, 1.82) is 0 Å².